The highest BCUT2D eigenvalue weighted by molar-refractivity contribution is 5.77. The second-order valence-corrected chi connectivity index (χ2v) is 7.48. The maximum atomic E-state index is 12.3. The van der Waals surface area contributed by atoms with Gasteiger partial charge in [0.25, 0.3) is 0 Å². The van der Waals surface area contributed by atoms with Gasteiger partial charge in [0, 0.05) is 19.5 Å². The summed E-state index contributed by atoms with van der Waals surface area (Å²) in [5.74, 6) is 0.501. The second-order valence-electron chi connectivity index (χ2n) is 7.48. The molecule has 1 aliphatic rings. The number of carbonyl (C=O) groups is 2. The SMILES string of the molecule is CCOC(=O)C1CCN(C(=O)CC(C)CC(C)(C)C)CC1. The van der Waals surface area contributed by atoms with Gasteiger partial charge in [0.05, 0.1) is 12.5 Å². The van der Waals surface area contributed by atoms with Crippen molar-refractivity contribution in [3.05, 3.63) is 0 Å². The first-order valence-electron chi connectivity index (χ1n) is 8.17. The van der Waals surface area contributed by atoms with Crippen LogP contribution in [0.15, 0.2) is 0 Å². The smallest absolute Gasteiger partial charge is 0.309 e. The molecule has 0 aliphatic carbocycles. The lowest BCUT2D eigenvalue weighted by Crippen LogP contribution is -2.41. The average molecular weight is 297 g/mol. The van der Waals surface area contributed by atoms with Gasteiger partial charge in [0.2, 0.25) is 5.91 Å². The van der Waals surface area contributed by atoms with E-state index in [1.54, 1.807) is 0 Å². The van der Waals surface area contributed by atoms with E-state index in [4.69, 9.17) is 4.74 Å². The number of hydrogen-bond acceptors (Lipinski definition) is 3. The van der Waals surface area contributed by atoms with Gasteiger partial charge < -0.3 is 9.64 Å². The third kappa shape index (κ3) is 6.49. The van der Waals surface area contributed by atoms with Gasteiger partial charge in [-0.3, -0.25) is 9.59 Å². The zero-order valence-corrected chi connectivity index (χ0v) is 14.3. The molecule has 1 atom stereocenters. The van der Waals surface area contributed by atoms with Crippen molar-refractivity contribution in [2.45, 2.75) is 60.3 Å². The Hall–Kier alpha value is -1.06. The minimum Gasteiger partial charge on any atom is -0.466 e. The molecule has 1 unspecified atom stereocenters. The molecule has 4 heteroatoms. The summed E-state index contributed by atoms with van der Waals surface area (Å²) >= 11 is 0. The lowest BCUT2D eigenvalue weighted by Gasteiger charge is -2.32. The van der Waals surface area contributed by atoms with E-state index in [2.05, 4.69) is 27.7 Å². The van der Waals surface area contributed by atoms with Crippen molar-refractivity contribution in [3.63, 3.8) is 0 Å². The molecule has 0 aromatic carbocycles. The topological polar surface area (TPSA) is 46.6 Å². The maximum Gasteiger partial charge on any atom is 0.309 e. The van der Waals surface area contributed by atoms with Gasteiger partial charge >= 0.3 is 5.97 Å². The standard InChI is InChI=1S/C17H31NO3/c1-6-21-16(20)14-7-9-18(10-8-14)15(19)11-13(2)12-17(3,4)5/h13-14H,6-12H2,1-5H3. The summed E-state index contributed by atoms with van der Waals surface area (Å²) in [5.41, 5.74) is 0.261. The highest BCUT2D eigenvalue weighted by Gasteiger charge is 2.29. The highest BCUT2D eigenvalue weighted by Crippen LogP contribution is 2.27. The Balaban J connectivity index is 2.36. The van der Waals surface area contributed by atoms with E-state index in [0.717, 1.165) is 19.3 Å². The molecule has 1 heterocycles. The number of likely N-dealkylation sites (tertiary alicyclic amines) is 1. The van der Waals surface area contributed by atoms with Crippen molar-refractivity contribution in [1.29, 1.82) is 0 Å². The molecule has 1 amide bonds. The summed E-state index contributed by atoms with van der Waals surface area (Å²) in [6.45, 7) is 12.4. The van der Waals surface area contributed by atoms with Crippen LogP contribution in [0.2, 0.25) is 0 Å². The van der Waals surface area contributed by atoms with Gasteiger partial charge in [-0.15, -0.1) is 0 Å². The van der Waals surface area contributed by atoms with Gasteiger partial charge in [-0.05, 0) is 37.5 Å². The predicted octanol–water partition coefficient (Wildman–Crippen LogP) is 3.25. The van der Waals surface area contributed by atoms with Gasteiger partial charge in [0.1, 0.15) is 0 Å². The van der Waals surface area contributed by atoms with E-state index in [1.807, 2.05) is 11.8 Å². The fourth-order valence-electron chi connectivity index (χ4n) is 3.17. The lowest BCUT2D eigenvalue weighted by molar-refractivity contribution is -0.151. The van der Waals surface area contributed by atoms with Crippen molar-refractivity contribution in [3.8, 4) is 0 Å². The summed E-state index contributed by atoms with van der Waals surface area (Å²) in [4.78, 5) is 25.9. The van der Waals surface area contributed by atoms with E-state index in [9.17, 15) is 9.59 Å². The van der Waals surface area contributed by atoms with E-state index in [0.29, 0.717) is 32.0 Å². The molecule has 0 spiro atoms. The van der Waals surface area contributed by atoms with Crippen molar-refractivity contribution in [2.24, 2.45) is 17.3 Å². The first kappa shape index (κ1) is 18.0. The van der Waals surface area contributed by atoms with E-state index in [1.165, 1.54) is 0 Å². The molecule has 0 aromatic rings. The fraction of sp³-hybridized carbons (Fsp3) is 0.882. The zero-order chi connectivity index (χ0) is 16.0. The van der Waals surface area contributed by atoms with E-state index in [-0.39, 0.29) is 23.2 Å². The van der Waals surface area contributed by atoms with Crippen LogP contribution in [0.3, 0.4) is 0 Å². The van der Waals surface area contributed by atoms with Crippen LogP contribution in [0.25, 0.3) is 0 Å². The first-order valence-corrected chi connectivity index (χ1v) is 8.17. The predicted molar refractivity (Wildman–Crippen MR) is 83.8 cm³/mol. The Morgan fingerprint density at radius 2 is 1.81 bits per heavy atom. The van der Waals surface area contributed by atoms with Crippen LogP contribution in [0.5, 0.6) is 0 Å². The van der Waals surface area contributed by atoms with Crippen LogP contribution >= 0.6 is 0 Å². The number of rotatable bonds is 5. The van der Waals surface area contributed by atoms with Crippen LogP contribution < -0.4 is 0 Å². The summed E-state index contributed by atoms with van der Waals surface area (Å²) < 4.78 is 5.05. The molecule has 0 bridgehead atoms. The second kappa shape index (κ2) is 7.81. The number of nitrogens with zero attached hydrogens (tertiary/aromatic N) is 1. The average Bonchev–Trinajstić information content (AvgIpc) is 2.36. The molecular formula is C17H31NO3. The monoisotopic (exact) mass is 297 g/mol. The largest absolute Gasteiger partial charge is 0.466 e. The molecule has 0 N–H and O–H groups in total. The van der Waals surface area contributed by atoms with Gasteiger partial charge in [-0.25, -0.2) is 0 Å². The van der Waals surface area contributed by atoms with Gasteiger partial charge in [-0.2, -0.15) is 0 Å². The Morgan fingerprint density at radius 1 is 1.24 bits per heavy atom. The first-order chi connectivity index (χ1) is 9.73. The number of amides is 1. The van der Waals surface area contributed by atoms with Crippen LogP contribution in [0.1, 0.15) is 60.3 Å². The molecule has 21 heavy (non-hydrogen) atoms. The van der Waals surface area contributed by atoms with Crippen LogP contribution in [0.4, 0.5) is 0 Å². The Morgan fingerprint density at radius 3 is 2.29 bits per heavy atom. The summed E-state index contributed by atoms with van der Waals surface area (Å²) in [6, 6.07) is 0. The quantitative estimate of drug-likeness (QED) is 0.732. The number of hydrogen-bond donors (Lipinski definition) is 0. The molecule has 0 radical (unpaired) electrons. The molecule has 0 aromatic heterocycles. The number of esters is 1. The molecule has 4 nitrogen and oxygen atoms in total. The Labute approximate surface area is 129 Å². The minimum atomic E-state index is -0.106. The van der Waals surface area contributed by atoms with E-state index >= 15 is 0 Å². The van der Waals surface area contributed by atoms with E-state index < -0.39 is 0 Å². The summed E-state index contributed by atoms with van der Waals surface area (Å²) in [5, 5.41) is 0. The molecule has 1 aliphatic heterocycles. The molecule has 122 valence electrons. The molecule has 1 saturated heterocycles. The third-order valence-electron chi connectivity index (χ3n) is 3.95. The van der Waals surface area contributed by atoms with Crippen molar-refractivity contribution >= 4 is 11.9 Å². The Kier molecular flexibility index (Phi) is 6.69. The molecule has 0 saturated carbocycles. The Bertz CT molecular complexity index is 352. The third-order valence-corrected chi connectivity index (χ3v) is 3.95. The number of piperidine rings is 1. The highest BCUT2D eigenvalue weighted by atomic mass is 16.5. The molecule has 1 rings (SSSR count). The molecule has 1 fully saturated rings. The van der Waals surface area contributed by atoms with Gasteiger partial charge in [-0.1, -0.05) is 27.7 Å². The maximum absolute atomic E-state index is 12.3. The number of ether oxygens (including phenoxy) is 1. The van der Waals surface area contributed by atoms with Crippen molar-refractivity contribution in [2.75, 3.05) is 19.7 Å². The lowest BCUT2D eigenvalue weighted by atomic mass is 9.84. The number of carbonyl (C=O) groups excluding carboxylic acids is 2. The van der Waals surface area contributed by atoms with Crippen LogP contribution in [0, 0.1) is 17.3 Å². The van der Waals surface area contributed by atoms with Crippen molar-refractivity contribution < 1.29 is 14.3 Å². The fourth-order valence-corrected chi connectivity index (χ4v) is 3.17. The van der Waals surface area contributed by atoms with Crippen LogP contribution in [-0.2, 0) is 14.3 Å². The minimum absolute atomic E-state index is 0.0269. The zero-order valence-electron chi connectivity index (χ0n) is 14.3. The van der Waals surface area contributed by atoms with Crippen LogP contribution in [-0.4, -0.2) is 36.5 Å². The van der Waals surface area contributed by atoms with Gasteiger partial charge in [0.15, 0.2) is 0 Å². The summed E-state index contributed by atoms with van der Waals surface area (Å²) in [7, 11) is 0. The summed E-state index contributed by atoms with van der Waals surface area (Å²) in [6.07, 6.45) is 3.13. The van der Waals surface area contributed by atoms with Crippen molar-refractivity contribution in [1.82, 2.24) is 4.90 Å². The molecular weight excluding hydrogens is 266 g/mol. The normalized spacial score (nSPS) is 18.4.